The molecule has 248 valence electrons. The Hall–Kier alpha value is -7.10. The molecule has 0 unspecified atom stereocenters. The van der Waals surface area contributed by atoms with Gasteiger partial charge in [0, 0.05) is 32.9 Å². The summed E-state index contributed by atoms with van der Waals surface area (Å²) in [6.07, 6.45) is 0. The zero-order chi connectivity index (χ0) is 34.9. The highest BCUT2D eigenvalue weighted by Gasteiger charge is 2.21. The molecule has 0 radical (unpaired) electrons. The number of benzene rings is 9. The maximum atomic E-state index is 6.54. The lowest BCUT2D eigenvalue weighted by molar-refractivity contribution is 0.663. The summed E-state index contributed by atoms with van der Waals surface area (Å²) < 4.78 is 13.0. The number of furan rings is 2. The molecular formula is C50H31NO2. The van der Waals surface area contributed by atoms with Gasteiger partial charge in [0.1, 0.15) is 22.3 Å². The first-order valence-electron chi connectivity index (χ1n) is 18.0. The van der Waals surface area contributed by atoms with Crippen LogP contribution in [0.1, 0.15) is 0 Å². The number of fused-ring (bicyclic) bond motifs is 9. The van der Waals surface area contributed by atoms with Crippen molar-refractivity contribution in [3.05, 3.63) is 188 Å². The zero-order valence-electron chi connectivity index (χ0n) is 28.7. The zero-order valence-corrected chi connectivity index (χ0v) is 28.7. The largest absolute Gasteiger partial charge is 0.456 e. The smallest absolute Gasteiger partial charge is 0.147 e. The molecular weight excluding hydrogens is 647 g/mol. The summed E-state index contributed by atoms with van der Waals surface area (Å²) in [6.45, 7) is 0. The number of rotatable bonds is 5. The summed E-state index contributed by atoms with van der Waals surface area (Å²) in [5.41, 5.74) is 11.3. The molecule has 0 saturated carbocycles. The molecule has 11 aromatic rings. The van der Waals surface area contributed by atoms with Crippen molar-refractivity contribution in [3.8, 4) is 22.3 Å². The maximum Gasteiger partial charge on any atom is 0.147 e. The number of anilines is 3. The van der Waals surface area contributed by atoms with Crippen molar-refractivity contribution in [1.82, 2.24) is 0 Å². The lowest BCUT2D eigenvalue weighted by atomic mass is 9.97. The molecule has 0 N–H and O–H groups in total. The van der Waals surface area contributed by atoms with Crippen molar-refractivity contribution in [2.24, 2.45) is 0 Å². The van der Waals surface area contributed by atoms with Crippen molar-refractivity contribution in [2.45, 2.75) is 0 Å². The molecule has 0 atom stereocenters. The van der Waals surface area contributed by atoms with Gasteiger partial charge < -0.3 is 13.7 Å². The molecule has 0 saturated heterocycles. The molecule has 0 aliphatic rings. The van der Waals surface area contributed by atoms with Gasteiger partial charge in [-0.3, -0.25) is 0 Å². The molecule has 2 heterocycles. The normalized spacial score (nSPS) is 11.8. The van der Waals surface area contributed by atoms with Gasteiger partial charge in [-0.1, -0.05) is 133 Å². The summed E-state index contributed by atoms with van der Waals surface area (Å²) >= 11 is 0. The van der Waals surface area contributed by atoms with E-state index in [1.807, 2.05) is 12.1 Å². The van der Waals surface area contributed by atoms with Gasteiger partial charge in [-0.15, -0.1) is 0 Å². The van der Waals surface area contributed by atoms with Crippen LogP contribution in [-0.2, 0) is 0 Å². The third kappa shape index (κ3) is 4.68. The average molecular weight is 678 g/mol. The predicted molar refractivity (Wildman–Crippen MR) is 222 cm³/mol. The SMILES string of the molecule is c1cc(-c2cccc3oc4ccc5c6ccccc6oc5c4c23)cc(N(c2ccc(-c3cccc4ccccc34)cc2)c2cccc3ccccc23)c1. The Morgan fingerprint density at radius 1 is 0.340 bits per heavy atom. The minimum absolute atomic E-state index is 0.818. The Balaban J connectivity index is 1.11. The molecule has 0 aliphatic heterocycles. The predicted octanol–water partition coefficient (Wildman–Crippen LogP) is 14.6. The van der Waals surface area contributed by atoms with Crippen molar-refractivity contribution in [2.75, 3.05) is 4.90 Å². The highest BCUT2D eigenvalue weighted by atomic mass is 16.3. The Morgan fingerprint density at radius 3 is 1.85 bits per heavy atom. The second-order valence-corrected chi connectivity index (χ2v) is 13.7. The van der Waals surface area contributed by atoms with E-state index in [4.69, 9.17) is 8.83 Å². The molecule has 11 rings (SSSR count). The molecule has 0 spiro atoms. The number of hydrogen-bond donors (Lipinski definition) is 0. The van der Waals surface area contributed by atoms with E-state index in [0.29, 0.717) is 0 Å². The van der Waals surface area contributed by atoms with E-state index in [0.717, 1.165) is 72.1 Å². The number of nitrogens with zero attached hydrogens (tertiary/aromatic N) is 1. The van der Waals surface area contributed by atoms with Gasteiger partial charge in [0.2, 0.25) is 0 Å². The highest BCUT2D eigenvalue weighted by molar-refractivity contribution is 6.25. The van der Waals surface area contributed by atoms with E-state index in [1.165, 1.54) is 32.7 Å². The van der Waals surface area contributed by atoms with E-state index in [2.05, 4.69) is 181 Å². The quantitative estimate of drug-likeness (QED) is 0.182. The molecule has 0 fully saturated rings. The van der Waals surface area contributed by atoms with E-state index in [1.54, 1.807) is 0 Å². The molecule has 2 aromatic heterocycles. The lowest BCUT2D eigenvalue weighted by Crippen LogP contribution is -2.10. The van der Waals surface area contributed by atoms with Crippen LogP contribution < -0.4 is 4.90 Å². The van der Waals surface area contributed by atoms with Gasteiger partial charge in [-0.2, -0.15) is 0 Å². The topological polar surface area (TPSA) is 29.5 Å². The fourth-order valence-electron chi connectivity index (χ4n) is 8.24. The van der Waals surface area contributed by atoms with E-state index in [9.17, 15) is 0 Å². The molecule has 9 aromatic carbocycles. The van der Waals surface area contributed by atoms with Crippen LogP contribution in [-0.4, -0.2) is 0 Å². The van der Waals surface area contributed by atoms with Gasteiger partial charge in [-0.25, -0.2) is 0 Å². The van der Waals surface area contributed by atoms with E-state index in [-0.39, 0.29) is 0 Å². The summed E-state index contributed by atoms with van der Waals surface area (Å²) in [4.78, 5) is 2.38. The average Bonchev–Trinajstić information content (AvgIpc) is 3.80. The molecule has 3 heteroatoms. The minimum atomic E-state index is 0.818. The first-order valence-corrected chi connectivity index (χ1v) is 18.0. The summed E-state index contributed by atoms with van der Waals surface area (Å²) in [7, 11) is 0. The Bertz CT molecular complexity index is 3170. The van der Waals surface area contributed by atoms with Crippen molar-refractivity contribution < 1.29 is 8.83 Å². The number of para-hydroxylation sites is 1. The van der Waals surface area contributed by atoms with Crippen molar-refractivity contribution in [3.63, 3.8) is 0 Å². The second-order valence-electron chi connectivity index (χ2n) is 13.7. The monoisotopic (exact) mass is 677 g/mol. The maximum absolute atomic E-state index is 6.54. The minimum Gasteiger partial charge on any atom is -0.456 e. The summed E-state index contributed by atoms with van der Waals surface area (Å²) in [5, 5.41) is 9.14. The summed E-state index contributed by atoms with van der Waals surface area (Å²) in [6, 6.07) is 66.9. The first-order chi connectivity index (χ1) is 26.3. The van der Waals surface area contributed by atoms with Crippen LogP contribution in [0.3, 0.4) is 0 Å². The molecule has 0 amide bonds. The molecule has 53 heavy (non-hydrogen) atoms. The third-order valence-electron chi connectivity index (χ3n) is 10.7. The Labute approximate surface area is 305 Å². The first kappa shape index (κ1) is 29.6. The lowest BCUT2D eigenvalue weighted by Gasteiger charge is -2.27. The van der Waals surface area contributed by atoms with Crippen LogP contribution in [0.4, 0.5) is 17.1 Å². The second kappa shape index (κ2) is 11.7. The van der Waals surface area contributed by atoms with Crippen molar-refractivity contribution >= 4 is 82.5 Å². The molecule has 0 bridgehead atoms. The van der Waals surface area contributed by atoms with E-state index < -0.39 is 0 Å². The van der Waals surface area contributed by atoms with Crippen LogP contribution in [0.15, 0.2) is 197 Å². The summed E-state index contributed by atoms with van der Waals surface area (Å²) in [5.74, 6) is 0. The van der Waals surface area contributed by atoms with E-state index >= 15 is 0 Å². The Kier molecular flexibility index (Phi) is 6.55. The molecule has 0 aliphatic carbocycles. The van der Waals surface area contributed by atoms with Crippen LogP contribution in [0.2, 0.25) is 0 Å². The van der Waals surface area contributed by atoms with Crippen LogP contribution in [0.5, 0.6) is 0 Å². The Morgan fingerprint density at radius 2 is 0.981 bits per heavy atom. The van der Waals surface area contributed by atoms with Crippen molar-refractivity contribution in [1.29, 1.82) is 0 Å². The molecule has 3 nitrogen and oxygen atoms in total. The fraction of sp³-hybridized carbons (Fsp3) is 0. The third-order valence-corrected chi connectivity index (χ3v) is 10.7. The van der Waals surface area contributed by atoms with Gasteiger partial charge in [0.15, 0.2) is 0 Å². The standard InChI is InChI=1S/C50H31NO2/c1-3-17-38-32(11-1)13-8-20-39(38)34-25-27-36(28-26-34)51(44-22-9-14-33-12-2-4-18-40(33)44)37-16-7-15-35(31-37)41-21-10-24-46-48(41)49-47(52-46)30-29-43-42-19-5-6-23-45(42)53-50(43)49/h1-31H. The van der Waals surface area contributed by atoms with Crippen LogP contribution >= 0.6 is 0 Å². The van der Waals surface area contributed by atoms with Gasteiger partial charge in [0.25, 0.3) is 0 Å². The van der Waals surface area contributed by atoms with Crippen LogP contribution in [0.25, 0.3) is 87.7 Å². The van der Waals surface area contributed by atoms with Gasteiger partial charge in [-0.05, 0) is 93.0 Å². The highest BCUT2D eigenvalue weighted by Crippen LogP contribution is 2.45. The van der Waals surface area contributed by atoms with Crippen LogP contribution in [0, 0.1) is 0 Å². The van der Waals surface area contributed by atoms with Gasteiger partial charge >= 0.3 is 0 Å². The fourth-order valence-corrected chi connectivity index (χ4v) is 8.24. The number of hydrogen-bond acceptors (Lipinski definition) is 3. The van der Waals surface area contributed by atoms with Gasteiger partial charge in [0.05, 0.1) is 11.1 Å².